The van der Waals surface area contributed by atoms with Crippen LogP contribution in [0.25, 0.3) is 0 Å². The van der Waals surface area contributed by atoms with E-state index in [1.165, 1.54) is 0 Å². The zero-order valence-electron chi connectivity index (χ0n) is 9.57. The summed E-state index contributed by atoms with van der Waals surface area (Å²) >= 11 is 5.58. The van der Waals surface area contributed by atoms with E-state index in [0.29, 0.717) is 17.9 Å². The van der Waals surface area contributed by atoms with Gasteiger partial charge in [0.15, 0.2) is 0 Å². The van der Waals surface area contributed by atoms with Gasteiger partial charge in [-0.25, -0.2) is 4.79 Å². The number of carbonyl (C=O) groups is 1. The van der Waals surface area contributed by atoms with Crippen LogP contribution in [0.5, 0.6) is 5.75 Å². The summed E-state index contributed by atoms with van der Waals surface area (Å²) in [5.41, 5.74) is 0.582. The Balaban J connectivity index is 2.50. The molecular weight excluding hydrogens is 244 g/mol. The minimum Gasteiger partial charge on any atom is -0.497 e. The summed E-state index contributed by atoms with van der Waals surface area (Å²) in [7, 11) is 1.57. The first kappa shape index (κ1) is 13.3. The van der Waals surface area contributed by atoms with E-state index in [1.54, 1.807) is 38.3 Å². The van der Waals surface area contributed by atoms with Gasteiger partial charge in [0, 0.05) is 12.1 Å². The smallest absolute Gasteiger partial charge is 0.437 e. The van der Waals surface area contributed by atoms with Gasteiger partial charge in [0.2, 0.25) is 0 Å². The Morgan fingerprint density at radius 2 is 2.06 bits per heavy atom. The summed E-state index contributed by atoms with van der Waals surface area (Å²) in [5.74, 6) is 0.705. The highest BCUT2D eigenvalue weighted by atomic mass is 35.5. The maximum absolute atomic E-state index is 11.3. The fourth-order valence-electron chi connectivity index (χ4n) is 0.971. The molecule has 0 radical (unpaired) electrons. The molecule has 1 rings (SSSR count). The van der Waals surface area contributed by atoms with Crippen molar-refractivity contribution in [1.82, 2.24) is 0 Å². The summed E-state index contributed by atoms with van der Waals surface area (Å²) in [6.07, 6.45) is -0.182. The molecule has 0 bridgehead atoms. The average Bonchev–Trinajstić information content (AvgIpc) is 2.36. The molecule has 0 atom stereocenters. The molecule has 5 nitrogen and oxygen atoms in total. The van der Waals surface area contributed by atoms with Crippen LogP contribution in [0.3, 0.4) is 0 Å². The second kappa shape index (κ2) is 6.75. The molecule has 0 aromatic heterocycles. The molecule has 0 aliphatic carbocycles. The van der Waals surface area contributed by atoms with Crippen LogP contribution in [0.1, 0.15) is 13.3 Å². The van der Waals surface area contributed by atoms with Gasteiger partial charge in [-0.15, -0.1) is 0 Å². The van der Waals surface area contributed by atoms with Crippen molar-refractivity contribution >= 4 is 28.6 Å². The Kier molecular flexibility index (Phi) is 5.29. The second-order valence-electron chi connectivity index (χ2n) is 3.05. The van der Waals surface area contributed by atoms with Crippen LogP contribution >= 0.6 is 11.6 Å². The molecule has 0 aliphatic heterocycles. The van der Waals surface area contributed by atoms with E-state index in [2.05, 4.69) is 15.3 Å². The van der Waals surface area contributed by atoms with Gasteiger partial charge in [-0.05, 0) is 24.3 Å². The molecule has 1 aromatic carbocycles. The molecule has 0 unspecified atom stereocenters. The number of nitrogens with zero attached hydrogens (tertiary/aromatic N) is 1. The van der Waals surface area contributed by atoms with E-state index >= 15 is 0 Å². The highest BCUT2D eigenvalue weighted by Crippen LogP contribution is 2.15. The lowest BCUT2D eigenvalue weighted by molar-refractivity contribution is 0.166. The maximum atomic E-state index is 11.3. The number of anilines is 1. The van der Waals surface area contributed by atoms with Crippen molar-refractivity contribution < 1.29 is 14.4 Å². The van der Waals surface area contributed by atoms with Gasteiger partial charge in [0.25, 0.3) is 0 Å². The van der Waals surface area contributed by atoms with E-state index in [4.69, 9.17) is 16.3 Å². The zero-order valence-corrected chi connectivity index (χ0v) is 10.3. The largest absolute Gasteiger partial charge is 0.497 e. The number of benzene rings is 1. The molecule has 0 spiro atoms. The van der Waals surface area contributed by atoms with Crippen LogP contribution in [0.4, 0.5) is 10.5 Å². The van der Waals surface area contributed by atoms with E-state index in [1.807, 2.05) is 0 Å². The summed E-state index contributed by atoms with van der Waals surface area (Å²) < 4.78 is 4.98. The van der Waals surface area contributed by atoms with Crippen molar-refractivity contribution in [2.75, 3.05) is 12.4 Å². The van der Waals surface area contributed by atoms with Crippen molar-refractivity contribution in [2.24, 2.45) is 5.16 Å². The number of ether oxygens (including phenoxy) is 1. The lowest BCUT2D eigenvalue weighted by Gasteiger charge is -2.04. The standard InChI is InChI=1S/C11H13ClN2O3/c1-3-10(12)14-17-11(15)13-8-4-6-9(16-2)7-5-8/h4-7H,3H2,1-2H3,(H,13,15)/b14-10+. The third-order valence-electron chi connectivity index (χ3n) is 1.86. The van der Waals surface area contributed by atoms with Gasteiger partial charge in [0.1, 0.15) is 10.9 Å². The zero-order chi connectivity index (χ0) is 12.7. The number of methoxy groups -OCH3 is 1. The van der Waals surface area contributed by atoms with E-state index in [0.717, 1.165) is 0 Å². The van der Waals surface area contributed by atoms with Crippen molar-refractivity contribution in [1.29, 1.82) is 0 Å². The quantitative estimate of drug-likeness (QED) is 0.511. The van der Waals surface area contributed by atoms with Crippen LogP contribution in [0.15, 0.2) is 29.4 Å². The monoisotopic (exact) mass is 256 g/mol. The SMILES string of the molecule is CC/C(Cl)=N\OC(=O)Nc1ccc(OC)cc1. The van der Waals surface area contributed by atoms with Crippen LogP contribution < -0.4 is 10.1 Å². The van der Waals surface area contributed by atoms with Gasteiger partial charge in [0.05, 0.1) is 7.11 Å². The van der Waals surface area contributed by atoms with Crippen LogP contribution in [0, 0.1) is 0 Å². The Morgan fingerprint density at radius 3 is 2.59 bits per heavy atom. The van der Waals surface area contributed by atoms with Gasteiger partial charge < -0.3 is 4.74 Å². The summed E-state index contributed by atoms with van der Waals surface area (Å²) in [6, 6.07) is 6.81. The molecule has 0 saturated heterocycles. The van der Waals surface area contributed by atoms with Gasteiger partial charge in [-0.2, -0.15) is 0 Å². The second-order valence-corrected chi connectivity index (χ2v) is 3.49. The lowest BCUT2D eigenvalue weighted by atomic mass is 10.3. The predicted octanol–water partition coefficient (Wildman–Crippen LogP) is 3.21. The van der Waals surface area contributed by atoms with Crippen molar-refractivity contribution in [3.63, 3.8) is 0 Å². The number of hydrogen-bond acceptors (Lipinski definition) is 4. The number of rotatable bonds is 4. The number of hydrogen-bond donors (Lipinski definition) is 1. The Hall–Kier alpha value is -1.75. The Morgan fingerprint density at radius 1 is 1.41 bits per heavy atom. The van der Waals surface area contributed by atoms with E-state index < -0.39 is 6.09 Å². The van der Waals surface area contributed by atoms with Gasteiger partial charge in [-0.3, -0.25) is 10.2 Å². The van der Waals surface area contributed by atoms with E-state index in [-0.39, 0.29) is 5.17 Å². The molecule has 1 amide bonds. The average molecular weight is 257 g/mol. The molecule has 1 aromatic rings. The van der Waals surface area contributed by atoms with Crippen LogP contribution in [-0.2, 0) is 4.84 Å². The van der Waals surface area contributed by atoms with E-state index in [9.17, 15) is 4.79 Å². The first-order valence-corrected chi connectivity index (χ1v) is 5.38. The summed E-state index contributed by atoms with van der Waals surface area (Å²) in [4.78, 5) is 15.8. The number of oxime groups is 1. The topological polar surface area (TPSA) is 59.9 Å². The first-order valence-electron chi connectivity index (χ1n) is 5.00. The Bertz CT molecular complexity index is 404. The molecule has 0 aliphatic rings. The third-order valence-corrected chi connectivity index (χ3v) is 2.19. The van der Waals surface area contributed by atoms with Crippen molar-refractivity contribution in [2.45, 2.75) is 13.3 Å². The first-order chi connectivity index (χ1) is 8.15. The fourth-order valence-corrected chi connectivity index (χ4v) is 1.01. The molecule has 92 valence electrons. The van der Waals surface area contributed by atoms with Crippen LogP contribution in [0.2, 0.25) is 0 Å². The minimum atomic E-state index is -0.693. The number of carbonyl (C=O) groups excluding carboxylic acids is 1. The van der Waals surface area contributed by atoms with Gasteiger partial charge in [-0.1, -0.05) is 23.7 Å². The number of nitrogens with one attached hydrogen (secondary N) is 1. The lowest BCUT2D eigenvalue weighted by Crippen LogP contribution is -2.11. The highest BCUT2D eigenvalue weighted by Gasteiger charge is 2.03. The highest BCUT2D eigenvalue weighted by molar-refractivity contribution is 6.65. The summed E-state index contributed by atoms with van der Waals surface area (Å²) in [6.45, 7) is 1.80. The Labute approximate surface area is 104 Å². The van der Waals surface area contributed by atoms with Crippen LogP contribution in [-0.4, -0.2) is 18.4 Å². The molecule has 6 heteroatoms. The molecular formula is C11H13ClN2O3. The molecule has 0 saturated carbocycles. The maximum Gasteiger partial charge on any atom is 0.437 e. The van der Waals surface area contributed by atoms with Gasteiger partial charge >= 0.3 is 6.09 Å². The fraction of sp³-hybridized carbons (Fsp3) is 0.273. The molecule has 0 heterocycles. The van der Waals surface area contributed by atoms with Crippen molar-refractivity contribution in [3.8, 4) is 5.75 Å². The minimum absolute atomic E-state index is 0.231. The third kappa shape index (κ3) is 4.74. The predicted molar refractivity (Wildman–Crippen MR) is 66.7 cm³/mol. The molecule has 0 fully saturated rings. The molecule has 1 N–H and O–H groups in total. The number of halogens is 1. The molecule has 17 heavy (non-hydrogen) atoms. The number of amides is 1. The summed E-state index contributed by atoms with van der Waals surface area (Å²) in [5, 5.41) is 6.14. The normalized spacial score (nSPS) is 10.9. The van der Waals surface area contributed by atoms with Crippen molar-refractivity contribution in [3.05, 3.63) is 24.3 Å².